The number of rotatable bonds is 8. The molecular formula is C14H22O2. The minimum absolute atomic E-state index is 0.301. The van der Waals surface area contributed by atoms with Crippen molar-refractivity contribution in [3.05, 3.63) is 35.9 Å². The van der Waals surface area contributed by atoms with Crippen molar-refractivity contribution in [2.45, 2.75) is 32.8 Å². The summed E-state index contributed by atoms with van der Waals surface area (Å²) in [7, 11) is 0. The van der Waals surface area contributed by atoms with E-state index in [9.17, 15) is 0 Å². The summed E-state index contributed by atoms with van der Waals surface area (Å²) in [6.45, 7) is 4.02. The average molecular weight is 222 g/mol. The van der Waals surface area contributed by atoms with Gasteiger partial charge in [-0.3, -0.25) is 0 Å². The third-order valence-corrected chi connectivity index (χ3v) is 2.72. The Kier molecular flexibility index (Phi) is 6.86. The Balaban J connectivity index is 2.03. The molecule has 1 unspecified atom stereocenters. The largest absolute Gasteiger partial charge is 0.396 e. The van der Waals surface area contributed by atoms with Crippen molar-refractivity contribution in [1.29, 1.82) is 0 Å². The smallest absolute Gasteiger partial charge is 0.0716 e. The van der Waals surface area contributed by atoms with Gasteiger partial charge in [0.05, 0.1) is 6.61 Å². The van der Waals surface area contributed by atoms with Crippen LogP contribution in [0.4, 0.5) is 0 Å². The van der Waals surface area contributed by atoms with Crippen molar-refractivity contribution < 1.29 is 9.84 Å². The summed E-state index contributed by atoms with van der Waals surface area (Å²) in [5, 5.41) is 8.70. The molecule has 0 amide bonds. The molecular weight excluding hydrogens is 200 g/mol. The van der Waals surface area contributed by atoms with Gasteiger partial charge in [0, 0.05) is 13.2 Å². The summed E-state index contributed by atoms with van der Waals surface area (Å²) >= 11 is 0. The Morgan fingerprint density at radius 1 is 1.19 bits per heavy atom. The van der Waals surface area contributed by atoms with E-state index in [0.717, 1.165) is 25.9 Å². The molecule has 0 aliphatic rings. The fourth-order valence-corrected chi connectivity index (χ4v) is 1.63. The first-order valence-electron chi connectivity index (χ1n) is 6.05. The van der Waals surface area contributed by atoms with Crippen LogP contribution in [-0.2, 0) is 11.3 Å². The molecule has 0 saturated carbocycles. The lowest BCUT2D eigenvalue weighted by Crippen LogP contribution is -2.03. The van der Waals surface area contributed by atoms with Crippen molar-refractivity contribution in [3.8, 4) is 0 Å². The molecule has 1 aromatic carbocycles. The third-order valence-electron chi connectivity index (χ3n) is 2.72. The summed E-state index contributed by atoms with van der Waals surface area (Å²) < 4.78 is 5.61. The van der Waals surface area contributed by atoms with Gasteiger partial charge in [0.25, 0.3) is 0 Å². The van der Waals surface area contributed by atoms with Gasteiger partial charge in [0.2, 0.25) is 0 Å². The fourth-order valence-electron chi connectivity index (χ4n) is 1.63. The van der Waals surface area contributed by atoms with Crippen LogP contribution in [0.2, 0.25) is 0 Å². The first-order chi connectivity index (χ1) is 7.83. The second kappa shape index (κ2) is 8.31. The molecule has 0 fully saturated rings. The van der Waals surface area contributed by atoms with Crippen LogP contribution >= 0.6 is 0 Å². The highest BCUT2D eigenvalue weighted by Gasteiger charge is 2.01. The summed E-state index contributed by atoms with van der Waals surface area (Å²) in [5.74, 6) is 0.642. The highest BCUT2D eigenvalue weighted by atomic mass is 16.5. The highest BCUT2D eigenvalue weighted by molar-refractivity contribution is 5.13. The van der Waals surface area contributed by atoms with Crippen LogP contribution in [0.15, 0.2) is 30.3 Å². The van der Waals surface area contributed by atoms with Gasteiger partial charge in [-0.1, -0.05) is 37.3 Å². The van der Waals surface area contributed by atoms with E-state index in [1.807, 2.05) is 18.2 Å². The van der Waals surface area contributed by atoms with Crippen LogP contribution in [0.3, 0.4) is 0 Å². The summed E-state index contributed by atoms with van der Waals surface area (Å²) in [5.41, 5.74) is 1.23. The molecule has 0 heterocycles. The van der Waals surface area contributed by atoms with Crippen molar-refractivity contribution in [2.75, 3.05) is 13.2 Å². The van der Waals surface area contributed by atoms with Crippen molar-refractivity contribution >= 4 is 0 Å². The molecule has 2 heteroatoms. The lowest BCUT2D eigenvalue weighted by Gasteiger charge is -2.10. The van der Waals surface area contributed by atoms with Crippen LogP contribution < -0.4 is 0 Å². The van der Waals surface area contributed by atoms with E-state index in [1.165, 1.54) is 5.56 Å². The van der Waals surface area contributed by atoms with E-state index in [1.54, 1.807) is 0 Å². The zero-order valence-electron chi connectivity index (χ0n) is 10.1. The maximum atomic E-state index is 8.70. The lowest BCUT2D eigenvalue weighted by molar-refractivity contribution is 0.107. The van der Waals surface area contributed by atoms with Crippen LogP contribution in [0.1, 0.15) is 31.7 Å². The van der Waals surface area contributed by atoms with E-state index in [4.69, 9.17) is 9.84 Å². The monoisotopic (exact) mass is 222 g/mol. The predicted molar refractivity (Wildman–Crippen MR) is 66.2 cm³/mol. The topological polar surface area (TPSA) is 29.5 Å². The van der Waals surface area contributed by atoms with E-state index < -0.39 is 0 Å². The molecule has 1 N–H and O–H groups in total. The molecule has 0 saturated heterocycles. The Bertz CT molecular complexity index is 259. The number of ether oxygens (including phenoxy) is 1. The first-order valence-corrected chi connectivity index (χ1v) is 6.05. The molecule has 0 aromatic heterocycles. The molecule has 0 bridgehead atoms. The normalized spacial score (nSPS) is 12.6. The third kappa shape index (κ3) is 5.89. The number of aliphatic hydroxyl groups is 1. The highest BCUT2D eigenvalue weighted by Crippen LogP contribution is 2.10. The maximum absolute atomic E-state index is 8.70. The van der Waals surface area contributed by atoms with Crippen molar-refractivity contribution in [3.63, 3.8) is 0 Å². The number of hydrogen-bond acceptors (Lipinski definition) is 2. The van der Waals surface area contributed by atoms with Gasteiger partial charge < -0.3 is 9.84 Å². The number of aliphatic hydroxyl groups excluding tert-OH is 1. The van der Waals surface area contributed by atoms with Crippen molar-refractivity contribution in [2.24, 2.45) is 5.92 Å². The van der Waals surface area contributed by atoms with Crippen LogP contribution in [0, 0.1) is 5.92 Å². The van der Waals surface area contributed by atoms with Gasteiger partial charge in [0.1, 0.15) is 0 Å². The SMILES string of the molecule is CC(CCCO)CCOCc1ccccc1. The standard InChI is InChI=1S/C14H22O2/c1-13(6-5-10-15)9-11-16-12-14-7-3-2-4-8-14/h2-4,7-8,13,15H,5-6,9-12H2,1H3. The maximum Gasteiger partial charge on any atom is 0.0716 e. The Morgan fingerprint density at radius 3 is 2.62 bits per heavy atom. The number of benzene rings is 1. The zero-order chi connectivity index (χ0) is 11.6. The van der Waals surface area contributed by atoms with Crippen LogP contribution in [-0.4, -0.2) is 18.3 Å². The minimum atomic E-state index is 0.301. The minimum Gasteiger partial charge on any atom is -0.396 e. The van der Waals surface area contributed by atoms with Crippen LogP contribution in [0.25, 0.3) is 0 Å². The molecule has 0 aliphatic carbocycles. The Hall–Kier alpha value is -0.860. The molecule has 1 rings (SSSR count). The second-order valence-electron chi connectivity index (χ2n) is 4.30. The first kappa shape index (κ1) is 13.2. The van der Waals surface area contributed by atoms with E-state index in [0.29, 0.717) is 19.1 Å². The Morgan fingerprint density at radius 2 is 1.94 bits per heavy atom. The second-order valence-corrected chi connectivity index (χ2v) is 4.30. The van der Waals surface area contributed by atoms with Gasteiger partial charge in [-0.05, 0) is 30.7 Å². The molecule has 0 spiro atoms. The van der Waals surface area contributed by atoms with E-state index in [-0.39, 0.29) is 0 Å². The quantitative estimate of drug-likeness (QED) is 0.685. The van der Waals surface area contributed by atoms with Gasteiger partial charge in [-0.2, -0.15) is 0 Å². The average Bonchev–Trinajstić information content (AvgIpc) is 2.33. The molecule has 1 aromatic rings. The molecule has 0 radical (unpaired) electrons. The summed E-state index contributed by atoms with van der Waals surface area (Å²) in [4.78, 5) is 0. The van der Waals surface area contributed by atoms with Gasteiger partial charge >= 0.3 is 0 Å². The number of hydrogen-bond donors (Lipinski definition) is 1. The van der Waals surface area contributed by atoms with E-state index in [2.05, 4.69) is 19.1 Å². The fraction of sp³-hybridized carbons (Fsp3) is 0.571. The van der Waals surface area contributed by atoms with Gasteiger partial charge in [-0.25, -0.2) is 0 Å². The summed E-state index contributed by atoms with van der Waals surface area (Å²) in [6, 6.07) is 10.2. The molecule has 0 aliphatic heterocycles. The molecule has 16 heavy (non-hydrogen) atoms. The zero-order valence-corrected chi connectivity index (χ0v) is 10.1. The summed E-state index contributed by atoms with van der Waals surface area (Å²) in [6.07, 6.45) is 3.07. The van der Waals surface area contributed by atoms with Crippen LogP contribution in [0.5, 0.6) is 0 Å². The van der Waals surface area contributed by atoms with Gasteiger partial charge in [0.15, 0.2) is 0 Å². The van der Waals surface area contributed by atoms with E-state index >= 15 is 0 Å². The lowest BCUT2D eigenvalue weighted by atomic mass is 10.0. The molecule has 2 nitrogen and oxygen atoms in total. The molecule has 1 atom stereocenters. The Labute approximate surface area is 98.3 Å². The predicted octanol–water partition coefficient (Wildman–Crippen LogP) is 3.00. The van der Waals surface area contributed by atoms with Gasteiger partial charge in [-0.15, -0.1) is 0 Å². The van der Waals surface area contributed by atoms with Crippen molar-refractivity contribution in [1.82, 2.24) is 0 Å². The molecule has 90 valence electrons.